The number of nitro benzene ring substituents is 1. The Kier molecular flexibility index (Phi) is 6.48. The van der Waals surface area contributed by atoms with Crippen LogP contribution in [0, 0.1) is 24.0 Å². The smallest absolute Gasteiger partial charge is 0.276 e. The summed E-state index contributed by atoms with van der Waals surface area (Å²) in [6.07, 6.45) is 0. The first-order valence-corrected chi connectivity index (χ1v) is 8.25. The van der Waals surface area contributed by atoms with E-state index in [0.717, 1.165) is 5.56 Å². The summed E-state index contributed by atoms with van der Waals surface area (Å²) < 4.78 is 5.40. The third kappa shape index (κ3) is 5.53. The lowest BCUT2D eigenvalue weighted by Gasteiger charge is -2.17. The molecule has 8 nitrogen and oxygen atoms in total. The van der Waals surface area contributed by atoms with Gasteiger partial charge in [-0.15, -0.1) is 0 Å². The van der Waals surface area contributed by atoms with Gasteiger partial charge in [0, 0.05) is 18.8 Å². The van der Waals surface area contributed by atoms with Crippen molar-refractivity contribution in [1.82, 2.24) is 4.90 Å². The summed E-state index contributed by atoms with van der Waals surface area (Å²) in [7, 11) is 1.49. The van der Waals surface area contributed by atoms with Crippen LogP contribution in [0.2, 0.25) is 0 Å². The fourth-order valence-electron chi connectivity index (χ4n) is 2.35. The van der Waals surface area contributed by atoms with Crippen LogP contribution in [0.25, 0.3) is 0 Å². The lowest BCUT2D eigenvalue weighted by atomic mass is 10.2. The number of likely N-dealkylation sites (N-methyl/N-ethyl adjacent to an activating group) is 1. The molecule has 0 atom stereocenters. The molecule has 142 valence electrons. The predicted octanol–water partition coefficient (Wildman–Crippen LogP) is 2.69. The Hall–Kier alpha value is -3.42. The Labute approximate surface area is 156 Å². The third-order valence-electron chi connectivity index (χ3n) is 3.95. The number of hydrogen-bond acceptors (Lipinski definition) is 5. The Bertz CT molecular complexity index is 849. The van der Waals surface area contributed by atoms with Gasteiger partial charge in [0.25, 0.3) is 11.6 Å². The molecule has 0 bridgehead atoms. The Morgan fingerprint density at radius 2 is 1.81 bits per heavy atom. The predicted molar refractivity (Wildman–Crippen MR) is 101 cm³/mol. The molecule has 0 heterocycles. The molecule has 0 fully saturated rings. The number of ether oxygens (including phenoxy) is 1. The number of rotatable bonds is 7. The largest absolute Gasteiger partial charge is 0.483 e. The summed E-state index contributed by atoms with van der Waals surface area (Å²) in [6.45, 7) is 3.04. The molecule has 0 radical (unpaired) electrons. The minimum Gasteiger partial charge on any atom is -0.483 e. The van der Waals surface area contributed by atoms with Crippen molar-refractivity contribution in [3.8, 4) is 5.75 Å². The molecule has 0 saturated carbocycles. The maximum atomic E-state index is 12.2. The second-order valence-corrected chi connectivity index (χ2v) is 6.11. The topological polar surface area (TPSA) is 102 Å². The quantitative estimate of drug-likeness (QED) is 0.595. The van der Waals surface area contributed by atoms with E-state index in [4.69, 9.17) is 4.74 Å². The number of nitrogens with one attached hydrogen (secondary N) is 1. The van der Waals surface area contributed by atoms with Gasteiger partial charge in [-0.1, -0.05) is 23.8 Å². The maximum absolute atomic E-state index is 12.2. The van der Waals surface area contributed by atoms with Gasteiger partial charge >= 0.3 is 0 Å². The highest BCUT2D eigenvalue weighted by molar-refractivity contribution is 5.94. The highest BCUT2D eigenvalue weighted by Crippen LogP contribution is 2.26. The zero-order valence-corrected chi connectivity index (χ0v) is 15.4. The Balaban J connectivity index is 1.88. The summed E-state index contributed by atoms with van der Waals surface area (Å²) in [6, 6.07) is 11.7. The van der Waals surface area contributed by atoms with Crippen molar-refractivity contribution in [2.45, 2.75) is 13.8 Å². The third-order valence-corrected chi connectivity index (χ3v) is 3.95. The van der Waals surface area contributed by atoms with Gasteiger partial charge in [0.1, 0.15) is 5.75 Å². The minimum absolute atomic E-state index is 0.0780. The van der Waals surface area contributed by atoms with E-state index in [2.05, 4.69) is 5.32 Å². The molecular formula is C19H21N3O5. The molecule has 0 aliphatic rings. The van der Waals surface area contributed by atoms with Gasteiger partial charge in [-0.05, 0) is 32.0 Å². The van der Waals surface area contributed by atoms with E-state index >= 15 is 0 Å². The number of anilines is 1. The molecule has 0 saturated heterocycles. The fourth-order valence-corrected chi connectivity index (χ4v) is 2.35. The number of hydrogen-bond donors (Lipinski definition) is 1. The van der Waals surface area contributed by atoms with Gasteiger partial charge in [0.05, 0.1) is 17.0 Å². The molecular weight excluding hydrogens is 350 g/mol. The van der Waals surface area contributed by atoms with Gasteiger partial charge in [-0.25, -0.2) is 0 Å². The highest BCUT2D eigenvalue weighted by atomic mass is 16.6. The van der Waals surface area contributed by atoms with E-state index in [1.54, 1.807) is 25.1 Å². The van der Waals surface area contributed by atoms with Crippen LogP contribution < -0.4 is 10.1 Å². The summed E-state index contributed by atoms with van der Waals surface area (Å²) >= 11 is 0. The number of nitro groups is 1. The lowest BCUT2D eigenvalue weighted by Crippen LogP contribution is -2.37. The zero-order valence-electron chi connectivity index (χ0n) is 15.4. The van der Waals surface area contributed by atoms with Crippen molar-refractivity contribution in [3.05, 3.63) is 63.7 Å². The molecule has 2 aromatic rings. The van der Waals surface area contributed by atoms with Crippen molar-refractivity contribution < 1.29 is 19.2 Å². The highest BCUT2D eigenvalue weighted by Gasteiger charge is 2.17. The average Bonchev–Trinajstić information content (AvgIpc) is 2.62. The van der Waals surface area contributed by atoms with Crippen LogP contribution in [-0.2, 0) is 9.59 Å². The molecule has 0 unspecified atom stereocenters. The first-order valence-electron chi connectivity index (χ1n) is 8.25. The van der Waals surface area contributed by atoms with Crippen LogP contribution >= 0.6 is 0 Å². The average molecular weight is 371 g/mol. The van der Waals surface area contributed by atoms with E-state index < -0.39 is 10.8 Å². The van der Waals surface area contributed by atoms with Crippen molar-refractivity contribution in [3.63, 3.8) is 0 Å². The van der Waals surface area contributed by atoms with E-state index in [1.807, 2.05) is 19.1 Å². The normalized spacial score (nSPS) is 10.2. The second-order valence-electron chi connectivity index (χ2n) is 6.11. The van der Waals surface area contributed by atoms with Gasteiger partial charge < -0.3 is 15.0 Å². The lowest BCUT2D eigenvalue weighted by molar-refractivity contribution is -0.385. The van der Waals surface area contributed by atoms with E-state index in [-0.39, 0.29) is 30.5 Å². The summed E-state index contributed by atoms with van der Waals surface area (Å²) in [5.41, 5.74) is 1.99. The van der Waals surface area contributed by atoms with E-state index in [0.29, 0.717) is 11.3 Å². The Morgan fingerprint density at radius 1 is 1.15 bits per heavy atom. The molecule has 8 heteroatoms. The van der Waals surface area contributed by atoms with Crippen LogP contribution in [0.1, 0.15) is 11.1 Å². The van der Waals surface area contributed by atoms with Gasteiger partial charge in [-0.3, -0.25) is 19.7 Å². The number of carbonyl (C=O) groups is 2. The molecule has 1 N–H and O–H groups in total. The van der Waals surface area contributed by atoms with Gasteiger partial charge in [-0.2, -0.15) is 0 Å². The van der Waals surface area contributed by atoms with Crippen LogP contribution in [0.15, 0.2) is 42.5 Å². The van der Waals surface area contributed by atoms with Gasteiger partial charge in [0.15, 0.2) is 6.61 Å². The first-order chi connectivity index (χ1) is 12.8. The second kappa shape index (κ2) is 8.79. The molecule has 2 aromatic carbocycles. The zero-order chi connectivity index (χ0) is 20.0. The number of nitrogens with zero attached hydrogens (tertiary/aromatic N) is 2. The number of amides is 2. The summed E-state index contributed by atoms with van der Waals surface area (Å²) in [5.74, 6) is -0.490. The molecule has 27 heavy (non-hydrogen) atoms. The van der Waals surface area contributed by atoms with Crippen LogP contribution in [0.5, 0.6) is 5.75 Å². The summed E-state index contributed by atoms with van der Waals surface area (Å²) in [4.78, 5) is 35.9. The fraction of sp³-hybridized carbons (Fsp3) is 0.263. The number of benzene rings is 2. The monoisotopic (exact) mass is 371 g/mol. The van der Waals surface area contributed by atoms with Crippen molar-refractivity contribution in [1.29, 1.82) is 0 Å². The Morgan fingerprint density at radius 3 is 2.44 bits per heavy atom. The molecule has 2 rings (SSSR count). The molecule has 0 aliphatic heterocycles. The summed E-state index contributed by atoms with van der Waals surface area (Å²) in [5, 5.41) is 13.6. The standard InChI is InChI=1S/C19H21N3O5/c1-13-7-9-15(10-8-13)20-18(23)11-21(3)19(24)12-27-17-6-4-5-16(14(17)2)22(25)26/h4-10H,11-12H2,1-3H3,(H,20,23). The van der Waals surface area contributed by atoms with Crippen molar-refractivity contribution in [2.75, 3.05) is 25.5 Å². The van der Waals surface area contributed by atoms with Crippen LogP contribution in [0.3, 0.4) is 0 Å². The molecule has 0 aliphatic carbocycles. The SMILES string of the molecule is Cc1ccc(NC(=O)CN(C)C(=O)COc2cccc([N+](=O)[O-])c2C)cc1. The van der Waals surface area contributed by atoms with E-state index in [9.17, 15) is 19.7 Å². The molecule has 0 aromatic heterocycles. The maximum Gasteiger partial charge on any atom is 0.276 e. The van der Waals surface area contributed by atoms with Crippen LogP contribution in [-0.4, -0.2) is 41.8 Å². The number of carbonyl (C=O) groups excluding carboxylic acids is 2. The minimum atomic E-state index is -0.508. The van der Waals surface area contributed by atoms with Crippen molar-refractivity contribution in [2.24, 2.45) is 0 Å². The van der Waals surface area contributed by atoms with Crippen molar-refractivity contribution >= 4 is 23.2 Å². The van der Waals surface area contributed by atoms with E-state index in [1.165, 1.54) is 24.1 Å². The molecule has 2 amide bonds. The van der Waals surface area contributed by atoms with Gasteiger partial charge in [0.2, 0.25) is 5.91 Å². The number of aryl methyl sites for hydroxylation is 1. The molecule has 0 spiro atoms. The van der Waals surface area contributed by atoms with Crippen LogP contribution in [0.4, 0.5) is 11.4 Å². The first kappa shape index (κ1) is 19.9.